The van der Waals surface area contributed by atoms with E-state index < -0.39 is 5.97 Å². The first-order valence-corrected chi connectivity index (χ1v) is 5.86. The zero-order chi connectivity index (χ0) is 12.8. The van der Waals surface area contributed by atoms with Crippen LogP contribution in [0.2, 0.25) is 0 Å². The first-order valence-electron chi connectivity index (χ1n) is 5.07. The lowest BCUT2D eigenvalue weighted by molar-refractivity contribution is -0.131. The van der Waals surface area contributed by atoms with E-state index in [1.54, 1.807) is 12.2 Å². The number of aliphatic carboxylic acids is 1. The molecule has 0 spiro atoms. The van der Waals surface area contributed by atoms with Gasteiger partial charge in [-0.15, -0.1) is 6.58 Å². The molecule has 0 bridgehead atoms. The molecule has 0 heterocycles. The third kappa shape index (κ3) is 4.07. The minimum atomic E-state index is -0.953. The summed E-state index contributed by atoms with van der Waals surface area (Å²) in [6.07, 6.45) is 4.52. The molecule has 0 aliphatic rings. The lowest BCUT2D eigenvalue weighted by atomic mass is 10.1. The Morgan fingerprint density at radius 2 is 2.29 bits per heavy atom. The topological polar surface area (TPSA) is 40.5 Å². The highest BCUT2D eigenvalue weighted by molar-refractivity contribution is 9.10. The van der Waals surface area contributed by atoms with Crippen molar-refractivity contribution in [1.82, 2.24) is 0 Å². The Balaban J connectivity index is 3.11. The molecule has 90 valence electrons. The van der Waals surface area contributed by atoms with Crippen LogP contribution in [0.1, 0.15) is 5.56 Å². The minimum absolute atomic E-state index is 0.699. The van der Waals surface area contributed by atoms with Crippen LogP contribution in [0.25, 0.3) is 6.08 Å². The summed E-state index contributed by atoms with van der Waals surface area (Å²) in [6.45, 7) is 4.39. The van der Waals surface area contributed by atoms with E-state index in [0.29, 0.717) is 6.54 Å². The maximum atomic E-state index is 10.5. The van der Waals surface area contributed by atoms with Crippen molar-refractivity contribution in [1.29, 1.82) is 0 Å². The lowest BCUT2D eigenvalue weighted by Crippen LogP contribution is -2.17. The highest BCUT2D eigenvalue weighted by Crippen LogP contribution is 2.25. The summed E-state index contributed by atoms with van der Waals surface area (Å²) in [4.78, 5) is 12.5. The maximum Gasteiger partial charge on any atom is 0.328 e. The molecule has 0 amide bonds. The summed E-state index contributed by atoms with van der Waals surface area (Å²) >= 11 is 3.40. The smallest absolute Gasteiger partial charge is 0.328 e. The van der Waals surface area contributed by atoms with Gasteiger partial charge in [0.1, 0.15) is 0 Å². The molecule has 1 N–H and O–H groups in total. The van der Waals surface area contributed by atoms with Crippen LogP contribution in [0.3, 0.4) is 0 Å². The average molecular weight is 296 g/mol. The van der Waals surface area contributed by atoms with Gasteiger partial charge in [-0.3, -0.25) is 0 Å². The summed E-state index contributed by atoms with van der Waals surface area (Å²) in [6, 6.07) is 5.70. The molecule has 0 saturated carbocycles. The van der Waals surface area contributed by atoms with Crippen molar-refractivity contribution in [3.8, 4) is 0 Å². The summed E-state index contributed by atoms with van der Waals surface area (Å²) in [5.41, 5.74) is 1.82. The first-order chi connectivity index (χ1) is 8.04. The minimum Gasteiger partial charge on any atom is -0.478 e. The van der Waals surface area contributed by atoms with Gasteiger partial charge in [-0.25, -0.2) is 4.79 Å². The van der Waals surface area contributed by atoms with Crippen molar-refractivity contribution in [2.24, 2.45) is 0 Å². The molecule has 4 heteroatoms. The predicted molar refractivity (Wildman–Crippen MR) is 74.3 cm³/mol. The number of carboxylic acid groups (broad SMARTS) is 1. The molecule has 0 aromatic heterocycles. The van der Waals surface area contributed by atoms with E-state index in [1.165, 1.54) is 0 Å². The fourth-order valence-corrected chi connectivity index (χ4v) is 1.79. The summed E-state index contributed by atoms with van der Waals surface area (Å²) in [7, 11) is 1.93. The number of carboxylic acids is 1. The zero-order valence-corrected chi connectivity index (χ0v) is 11.1. The van der Waals surface area contributed by atoms with Gasteiger partial charge in [0.15, 0.2) is 0 Å². The van der Waals surface area contributed by atoms with Gasteiger partial charge >= 0.3 is 5.97 Å². The average Bonchev–Trinajstić information content (AvgIpc) is 2.27. The Morgan fingerprint density at radius 1 is 1.59 bits per heavy atom. The van der Waals surface area contributed by atoms with Crippen LogP contribution in [0.5, 0.6) is 0 Å². The van der Waals surface area contributed by atoms with Crippen molar-refractivity contribution in [3.63, 3.8) is 0 Å². The molecule has 0 saturated heterocycles. The largest absolute Gasteiger partial charge is 0.478 e. The van der Waals surface area contributed by atoms with E-state index in [4.69, 9.17) is 5.11 Å². The molecule has 0 radical (unpaired) electrons. The maximum absolute atomic E-state index is 10.5. The number of benzene rings is 1. The Hall–Kier alpha value is -1.55. The normalized spacial score (nSPS) is 10.5. The Kier molecular flexibility index (Phi) is 4.97. The van der Waals surface area contributed by atoms with Gasteiger partial charge < -0.3 is 10.0 Å². The number of nitrogens with zero attached hydrogens (tertiary/aromatic N) is 1. The number of hydrogen-bond donors (Lipinski definition) is 1. The molecule has 0 aliphatic heterocycles. The fourth-order valence-electron chi connectivity index (χ4n) is 1.44. The number of anilines is 1. The molecule has 0 aliphatic carbocycles. The molecule has 1 rings (SSSR count). The number of hydrogen-bond acceptors (Lipinski definition) is 2. The van der Waals surface area contributed by atoms with Crippen molar-refractivity contribution in [3.05, 3.63) is 47.0 Å². The number of carbonyl (C=O) groups is 1. The van der Waals surface area contributed by atoms with Crippen molar-refractivity contribution in [2.45, 2.75) is 0 Å². The van der Waals surface area contributed by atoms with Crippen LogP contribution in [0, 0.1) is 0 Å². The van der Waals surface area contributed by atoms with E-state index in [9.17, 15) is 4.79 Å². The summed E-state index contributed by atoms with van der Waals surface area (Å²) < 4.78 is 0.955. The second-order valence-electron chi connectivity index (χ2n) is 3.54. The van der Waals surface area contributed by atoms with E-state index in [1.807, 2.05) is 30.1 Å². The molecule has 1 aromatic carbocycles. The zero-order valence-electron chi connectivity index (χ0n) is 9.56. The number of likely N-dealkylation sites (N-methyl/N-ethyl adjacent to an activating group) is 1. The molecule has 1 aromatic rings. The van der Waals surface area contributed by atoms with Crippen molar-refractivity contribution in [2.75, 3.05) is 18.5 Å². The standard InChI is InChI=1S/C13H14BrNO2/c1-3-8-15(2)12-9-11(14)6-4-10(12)5-7-13(16)17/h3-7,9H,1,8H2,2H3,(H,16,17)/b7-5+. The van der Waals surface area contributed by atoms with Crippen molar-refractivity contribution >= 4 is 33.7 Å². The molecular weight excluding hydrogens is 282 g/mol. The van der Waals surface area contributed by atoms with Crippen LogP contribution in [0.4, 0.5) is 5.69 Å². The van der Waals surface area contributed by atoms with E-state index in [0.717, 1.165) is 21.8 Å². The van der Waals surface area contributed by atoms with Gasteiger partial charge in [-0.2, -0.15) is 0 Å². The lowest BCUT2D eigenvalue weighted by Gasteiger charge is -2.20. The molecule has 0 unspecified atom stereocenters. The second kappa shape index (κ2) is 6.25. The van der Waals surface area contributed by atoms with Gasteiger partial charge in [0.25, 0.3) is 0 Å². The molecule has 0 atom stereocenters. The molecule has 0 fully saturated rings. The van der Waals surface area contributed by atoms with Crippen molar-refractivity contribution < 1.29 is 9.90 Å². The van der Waals surface area contributed by atoms with Crippen LogP contribution >= 0.6 is 15.9 Å². The van der Waals surface area contributed by atoms with E-state index in [-0.39, 0.29) is 0 Å². The highest BCUT2D eigenvalue weighted by atomic mass is 79.9. The second-order valence-corrected chi connectivity index (χ2v) is 4.46. The van der Waals surface area contributed by atoms with E-state index in [2.05, 4.69) is 22.5 Å². The van der Waals surface area contributed by atoms with Gasteiger partial charge in [-0.1, -0.05) is 28.1 Å². The highest BCUT2D eigenvalue weighted by Gasteiger charge is 2.05. The van der Waals surface area contributed by atoms with Gasteiger partial charge in [0.05, 0.1) is 0 Å². The fraction of sp³-hybridized carbons (Fsp3) is 0.154. The summed E-state index contributed by atoms with van der Waals surface area (Å²) in [5, 5.41) is 8.64. The third-order valence-corrected chi connectivity index (χ3v) is 2.71. The van der Waals surface area contributed by atoms with Crippen LogP contribution in [-0.2, 0) is 4.79 Å². The Labute approximate surface area is 109 Å². The number of halogens is 1. The van der Waals surface area contributed by atoms with Gasteiger partial charge in [0.2, 0.25) is 0 Å². The van der Waals surface area contributed by atoms with Crippen LogP contribution < -0.4 is 4.90 Å². The molecule has 17 heavy (non-hydrogen) atoms. The van der Waals surface area contributed by atoms with Crippen LogP contribution in [0.15, 0.2) is 41.4 Å². The SMILES string of the molecule is C=CCN(C)c1cc(Br)ccc1/C=C/C(=O)O. The van der Waals surface area contributed by atoms with E-state index >= 15 is 0 Å². The number of rotatable bonds is 5. The van der Waals surface area contributed by atoms with Gasteiger partial charge in [-0.05, 0) is 23.8 Å². The first kappa shape index (κ1) is 13.5. The third-order valence-electron chi connectivity index (χ3n) is 2.21. The monoisotopic (exact) mass is 295 g/mol. The molecular formula is C13H14BrNO2. The van der Waals surface area contributed by atoms with Gasteiger partial charge in [0, 0.05) is 29.8 Å². The summed E-state index contributed by atoms with van der Waals surface area (Å²) in [5.74, 6) is -0.953. The Morgan fingerprint density at radius 3 is 2.88 bits per heavy atom. The Bertz CT molecular complexity index is 455. The molecule has 3 nitrogen and oxygen atoms in total. The quantitative estimate of drug-likeness (QED) is 0.670. The predicted octanol–water partition coefficient (Wildman–Crippen LogP) is 3.17. The van der Waals surface area contributed by atoms with Crippen LogP contribution in [-0.4, -0.2) is 24.7 Å².